The average Bonchev–Trinajstić information content (AvgIpc) is 2.94. The molecule has 1 aliphatic heterocycles. The Morgan fingerprint density at radius 1 is 1.57 bits per heavy atom. The van der Waals surface area contributed by atoms with Crippen LogP contribution in [0.15, 0.2) is 12.7 Å². The van der Waals surface area contributed by atoms with Crippen LogP contribution in [-0.4, -0.2) is 24.8 Å². The summed E-state index contributed by atoms with van der Waals surface area (Å²) in [5.74, 6) is -0.244. The van der Waals surface area contributed by atoms with Gasteiger partial charge in [0.25, 0.3) is 0 Å². The van der Waals surface area contributed by atoms with E-state index < -0.39 is 0 Å². The second kappa shape index (κ2) is 5.81. The van der Waals surface area contributed by atoms with Crippen LogP contribution in [0.25, 0.3) is 0 Å². The minimum Gasteiger partial charge on any atom is -0.459 e. The average molecular weight is 198 g/mol. The van der Waals surface area contributed by atoms with Gasteiger partial charge in [0.15, 0.2) is 6.10 Å². The van der Waals surface area contributed by atoms with Gasteiger partial charge < -0.3 is 9.47 Å². The van der Waals surface area contributed by atoms with Crippen molar-refractivity contribution in [3.63, 3.8) is 0 Å². The summed E-state index contributed by atoms with van der Waals surface area (Å²) < 4.78 is 10.1. The molecule has 0 saturated carbocycles. The Kier molecular flexibility index (Phi) is 4.66. The molecule has 0 aromatic rings. The third kappa shape index (κ3) is 3.50. The van der Waals surface area contributed by atoms with Gasteiger partial charge in [0.1, 0.15) is 6.61 Å². The molecule has 0 amide bonds. The molecule has 1 saturated heterocycles. The van der Waals surface area contributed by atoms with Gasteiger partial charge in [-0.25, -0.2) is 4.79 Å². The zero-order valence-electron chi connectivity index (χ0n) is 8.70. The molecule has 0 spiro atoms. The monoisotopic (exact) mass is 198 g/mol. The lowest BCUT2D eigenvalue weighted by Crippen LogP contribution is -2.14. The summed E-state index contributed by atoms with van der Waals surface area (Å²) in [4.78, 5) is 11.2. The Hall–Kier alpha value is -0.830. The first kappa shape index (κ1) is 11.2. The second-order valence-corrected chi connectivity index (χ2v) is 3.51. The molecule has 0 radical (unpaired) electrons. The van der Waals surface area contributed by atoms with Gasteiger partial charge in [-0.3, -0.25) is 0 Å². The first-order valence-electron chi connectivity index (χ1n) is 5.22. The van der Waals surface area contributed by atoms with Crippen LogP contribution in [0.2, 0.25) is 0 Å². The molecule has 1 aliphatic rings. The zero-order valence-corrected chi connectivity index (χ0v) is 8.70. The summed E-state index contributed by atoms with van der Waals surface area (Å²) in [7, 11) is 0. The fourth-order valence-corrected chi connectivity index (χ4v) is 1.39. The molecule has 2 atom stereocenters. The van der Waals surface area contributed by atoms with Crippen LogP contribution in [-0.2, 0) is 14.3 Å². The van der Waals surface area contributed by atoms with E-state index in [-0.39, 0.29) is 24.8 Å². The van der Waals surface area contributed by atoms with Crippen molar-refractivity contribution in [2.45, 2.75) is 44.8 Å². The largest absolute Gasteiger partial charge is 0.459 e. The van der Waals surface area contributed by atoms with Crippen molar-refractivity contribution in [1.29, 1.82) is 0 Å². The molecule has 1 rings (SSSR count). The van der Waals surface area contributed by atoms with Crippen LogP contribution < -0.4 is 0 Å². The summed E-state index contributed by atoms with van der Waals surface area (Å²) >= 11 is 0. The van der Waals surface area contributed by atoms with E-state index in [0.717, 1.165) is 12.8 Å². The summed E-state index contributed by atoms with van der Waals surface area (Å²) in [6.07, 6.45) is 5.87. The van der Waals surface area contributed by atoms with Crippen molar-refractivity contribution in [2.75, 3.05) is 6.61 Å². The van der Waals surface area contributed by atoms with Gasteiger partial charge >= 0.3 is 5.97 Å². The lowest BCUT2D eigenvalue weighted by atomic mass is 10.1. The van der Waals surface area contributed by atoms with E-state index in [1.54, 1.807) is 6.08 Å². The van der Waals surface area contributed by atoms with Crippen molar-refractivity contribution >= 4 is 5.97 Å². The topological polar surface area (TPSA) is 38.8 Å². The maximum absolute atomic E-state index is 11.2. The number of ether oxygens (including phenoxy) is 2. The molecule has 1 fully saturated rings. The van der Waals surface area contributed by atoms with Crippen LogP contribution in [0.3, 0.4) is 0 Å². The molecule has 0 bridgehead atoms. The lowest BCUT2D eigenvalue weighted by molar-refractivity contribution is -0.143. The number of unbranched alkanes of at least 4 members (excludes halogenated alkanes) is 2. The van der Waals surface area contributed by atoms with Crippen LogP contribution in [0, 0.1) is 0 Å². The maximum Gasteiger partial charge on any atom is 0.338 e. The Labute approximate surface area is 85.1 Å². The third-order valence-electron chi connectivity index (χ3n) is 2.25. The summed E-state index contributed by atoms with van der Waals surface area (Å²) in [6, 6.07) is 0. The van der Waals surface area contributed by atoms with E-state index in [2.05, 4.69) is 13.5 Å². The number of hydrogen-bond donors (Lipinski definition) is 0. The number of rotatable bonds is 7. The minimum absolute atomic E-state index is 0.110. The van der Waals surface area contributed by atoms with E-state index in [4.69, 9.17) is 9.47 Å². The van der Waals surface area contributed by atoms with Crippen LogP contribution in [0.4, 0.5) is 0 Å². The van der Waals surface area contributed by atoms with Crippen LogP contribution in [0.1, 0.15) is 32.6 Å². The standard InChI is InChI=1S/C11H18O3/c1-3-5-6-7-9-10(14-9)11(12)13-8-4-2/h4,9-10H,2-3,5-8H2,1H3/t9-,10+/m0/s1. The number of esters is 1. The Bertz CT molecular complexity index is 201. The Balaban J connectivity index is 2.06. The van der Waals surface area contributed by atoms with Crippen molar-refractivity contribution in [1.82, 2.24) is 0 Å². The molecular weight excluding hydrogens is 180 g/mol. The summed E-state index contributed by atoms with van der Waals surface area (Å²) in [5.41, 5.74) is 0. The highest BCUT2D eigenvalue weighted by Crippen LogP contribution is 2.28. The molecule has 3 nitrogen and oxygen atoms in total. The van der Waals surface area contributed by atoms with Gasteiger partial charge in [-0.05, 0) is 6.42 Å². The Morgan fingerprint density at radius 2 is 2.36 bits per heavy atom. The van der Waals surface area contributed by atoms with Crippen LogP contribution in [0.5, 0.6) is 0 Å². The quantitative estimate of drug-likeness (QED) is 0.272. The normalized spacial score (nSPS) is 24.4. The van der Waals surface area contributed by atoms with Crippen molar-refractivity contribution < 1.29 is 14.3 Å². The zero-order chi connectivity index (χ0) is 10.4. The first-order valence-corrected chi connectivity index (χ1v) is 5.22. The number of epoxide rings is 1. The van der Waals surface area contributed by atoms with Gasteiger partial charge in [0.2, 0.25) is 0 Å². The fraction of sp³-hybridized carbons (Fsp3) is 0.727. The molecule has 3 heteroatoms. The van der Waals surface area contributed by atoms with E-state index >= 15 is 0 Å². The number of hydrogen-bond acceptors (Lipinski definition) is 3. The summed E-state index contributed by atoms with van der Waals surface area (Å²) in [5, 5.41) is 0. The lowest BCUT2D eigenvalue weighted by Gasteiger charge is -1.97. The highest BCUT2D eigenvalue weighted by atomic mass is 16.6. The molecule has 80 valence electrons. The highest BCUT2D eigenvalue weighted by Gasteiger charge is 2.45. The van der Waals surface area contributed by atoms with Gasteiger partial charge in [0, 0.05) is 0 Å². The predicted molar refractivity (Wildman–Crippen MR) is 54.0 cm³/mol. The van der Waals surface area contributed by atoms with Gasteiger partial charge in [0.05, 0.1) is 6.10 Å². The highest BCUT2D eigenvalue weighted by molar-refractivity contribution is 5.78. The van der Waals surface area contributed by atoms with Gasteiger partial charge in [-0.1, -0.05) is 38.8 Å². The predicted octanol–water partition coefficient (Wildman–Crippen LogP) is 2.06. The molecule has 0 N–H and O–H groups in total. The van der Waals surface area contributed by atoms with Crippen LogP contribution >= 0.6 is 0 Å². The van der Waals surface area contributed by atoms with Crippen molar-refractivity contribution in [3.05, 3.63) is 12.7 Å². The van der Waals surface area contributed by atoms with Gasteiger partial charge in [-0.15, -0.1) is 0 Å². The number of carbonyl (C=O) groups excluding carboxylic acids is 1. The van der Waals surface area contributed by atoms with Gasteiger partial charge in [-0.2, -0.15) is 0 Å². The second-order valence-electron chi connectivity index (χ2n) is 3.51. The molecule has 0 aliphatic carbocycles. The van der Waals surface area contributed by atoms with Crippen molar-refractivity contribution in [2.24, 2.45) is 0 Å². The SMILES string of the molecule is C=CCOC(=O)[C@@H]1O[C@H]1CCCCC. The van der Waals surface area contributed by atoms with E-state index in [9.17, 15) is 4.79 Å². The molecule has 0 aromatic carbocycles. The minimum atomic E-state index is -0.299. The molecule has 14 heavy (non-hydrogen) atoms. The first-order chi connectivity index (χ1) is 6.79. The molecule has 0 aromatic heterocycles. The fourth-order valence-electron chi connectivity index (χ4n) is 1.39. The summed E-state index contributed by atoms with van der Waals surface area (Å²) in [6.45, 7) is 5.91. The van der Waals surface area contributed by atoms with E-state index in [0.29, 0.717) is 0 Å². The maximum atomic E-state index is 11.2. The smallest absolute Gasteiger partial charge is 0.338 e. The Morgan fingerprint density at radius 3 is 3.00 bits per heavy atom. The van der Waals surface area contributed by atoms with E-state index in [1.165, 1.54) is 12.8 Å². The molecule has 1 heterocycles. The molecule has 0 unspecified atom stereocenters. The number of carbonyl (C=O) groups is 1. The van der Waals surface area contributed by atoms with E-state index in [1.807, 2.05) is 0 Å². The third-order valence-corrected chi connectivity index (χ3v) is 2.25. The molecular formula is C11H18O3. The van der Waals surface area contributed by atoms with Crippen molar-refractivity contribution in [3.8, 4) is 0 Å².